The lowest BCUT2D eigenvalue weighted by molar-refractivity contribution is -0.137. The molecule has 1 aromatic rings. The number of para-hydroxylation sites is 1. The number of carbonyl (C=O) groups excluding carboxylic acids is 2. The maximum Gasteiger partial charge on any atom is 0.322 e. The molecule has 21 heavy (non-hydrogen) atoms. The number of benzene rings is 1. The van der Waals surface area contributed by atoms with Crippen molar-refractivity contribution in [2.24, 2.45) is 0 Å². The van der Waals surface area contributed by atoms with E-state index in [-0.39, 0.29) is 18.9 Å². The molecule has 114 valence electrons. The molecule has 0 spiro atoms. The van der Waals surface area contributed by atoms with Gasteiger partial charge in [-0.2, -0.15) is 0 Å². The lowest BCUT2D eigenvalue weighted by atomic mass is 10.1. The van der Waals surface area contributed by atoms with E-state index in [1.54, 1.807) is 7.11 Å². The molecule has 0 unspecified atom stereocenters. The highest BCUT2D eigenvalue weighted by atomic mass is 16.5. The first-order valence-corrected chi connectivity index (χ1v) is 6.40. The van der Waals surface area contributed by atoms with E-state index in [1.807, 2.05) is 24.3 Å². The Bertz CT molecular complexity index is 516. The third-order valence-electron chi connectivity index (χ3n) is 2.70. The monoisotopic (exact) mass is 294 g/mol. The molecule has 7 nitrogen and oxygen atoms in total. The fourth-order valence-electron chi connectivity index (χ4n) is 1.66. The number of methoxy groups -OCH3 is 1. The summed E-state index contributed by atoms with van der Waals surface area (Å²) in [6.07, 6.45) is 0.708. The van der Waals surface area contributed by atoms with Crippen molar-refractivity contribution >= 4 is 17.8 Å². The molecule has 1 aromatic carbocycles. The van der Waals surface area contributed by atoms with Crippen LogP contribution in [0.4, 0.5) is 0 Å². The molecular formula is C14H18N2O5. The third kappa shape index (κ3) is 6.42. The Morgan fingerprint density at radius 1 is 1.10 bits per heavy atom. The van der Waals surface area contributed by atoms with Crippen molar-refractivity contribution in [3.05, 3.63) is 29.8 Å². The summed E-state index contributed by atoms with van der Waals surface area (Å²) in [5, 5.41) is 13.0. The number of hydrogen-bond donors (Lipinski definition) is 3. The van der Waals surface area contributed by atoms with Crippen LogP contribution in [0.5, 0.6) is 5.75 Å². The second-order valence-corrected chi connectivity index (χ2v) is 4.26. The molecule has 0 fully saturated rings. The molecule has 0 saturated heterocycles. The molecule has 0 bridgehead atoms. The standard InChI is InChI=1S/C14H18N2O5/c1-21-11-5-3-2-4-10(11)6-7-12(17)15-8-13(18)16-9-14(19)20/h2-5H,6-9H2,1H3,(H,15,17)(H,16,18)(H,19,20). The first kappa shape index (κ1) is 16.5. The molecule has 0 saturated carbocycles. The Morgan fingerprint density at radius 2 is 1.76 bits per heavy atom. The fourth-order valence-corrected chi connectivity index (χ4v) is 1.66. The van der Waals surface area contributed by atoms with Crippen molar-refractivity contribution in [1.82, 2.24) is 10.6 Å². The second-order valence-electron chi connectivity index (χ2n) is 4.26. The highest BCUT2D eigenvalue weighted by Crippen LogP contribution is 2.18. The normalized spacial score (nSPS) is 9.76. The average Bonchev–Trinajstić information content (AvgIpc) is 2.49. The van der Waals surface area contributed by atoms with E-state index in [1.165, 1.54) is 0 Å². The molecule has 3 N–H and O–H groups in total. The van der Waals surface area contributed by atoms with Crippen LogP contribution in [-0.4, -0.2) is 43.1 Å². The van der Waals surface area contributed by atoms with E-state index in [2.05, 4.69) is 10.6 Å². The van der Waals surface area contributed by atoms with Gasteiger partial charge in [-0.3, -0.25) is 14.4 Å². The number of amides is 2. The minimum atomic E-state index is -1.13. The number of carboxylic acids is 1. The number of carboxylic acid groups (broad SMARTS) is 1. The topological polar surface area (TPSA) is 105 Å². The van der Waals surface area contributed by atoms with Crippen LogP contribution in [0.15, 0.2) is 24.3 Å². The van der Waals surface area contributed by atoms with E-state index in [0.29, 0.717) is 12.2 Å². The van der Waals surface area contributed by atoms with Gasteiger partial charge in [0.25, 0.3) is 0 Å². The van der Waals surface area contributed by atoms with Crippen LogP contribution in [0.3, 0.4) is 0 Å². The molecule has 0 aliphatic carbocycles. The number of aryl methyl sites for hydroxylation is 1. The van der Waals surface area contributed by atoms with E-state index in [0.717, 1.165) is 5.56 Å². The summed E-state index contributed by atoms with van der Waals surface area (Å²) >= 11 is 0. The maximum atomic E-state index is 11.6. The molecule has 0 heterocycles. The van der Waals surface area contributed by atoms with Gasteiger partial charge in [0.15, 0.2) is 0 Å². The summed E-state index contributed by atoms with van der Waals surface area (Å²) < 4.78 is 5.18. The SMILES string of the molecule is COc1ccccc1CCC(=O)NCC(=O)NCC(=O)O. The van der Waals surface area contributed by atoms with Gasteiger partial charge in [0.1, 0.15) is 12.3 Å². The van der Waals surface area contributed by atoms with E-state index < -0.39 is 18.4 Å². The fraction of sp³-hybridized carbons (Fsp3) is 0.357. The summed E-state index contributed by atoms with van der Waals surface area (Å²) in [5.41, 5.74) is 0.908. The van der Waals surface area contributed by atoms with E-state index in [4.69, 9.17) is 9.84 Å². The molecule has 0 radical (unpaired) electrons. The van der Waals surface area contributed by atoms with Gasteiger partial charge in [-0.15, -0.1) is 0 Å². The first-order valence-electron chi connectivity index (χ1n) is 6.40. The lowest BCUT2D eigenvalue weighted by Crippen LogP contribution is -2.39. The second kappa shape index (κ2) is 8.57. The first-order chi connectivity index (χ1) is 10.0. The van der Waals surface area contributed by atoms with Crippen LogP contribution in [0, 0.1) is 0 Å². The zero-order valence-corrected chi connectivity index (χ0v) is 11.7. The Hall–Kier alpha value is -2.57. The molecule has 0 aliphatic heterocycles. The van der Waals surface area contributed by atoms with Gasteiger partial charge in [0, 0.05) is 6.42 Å². The van der Waals surface area contributed by atoms with Crippen molar-refractivity contribution in [3.63, 3.8) is 0 Å². The zero-order valence-electron chi connectivity index (χ0n) is 11.7. The quantitative estimate of drug-likeness (QED) is 0.623. The lowest BCUT2D eigenvalue weighted by Gasteiger charge is -2.08. The number of nitrogens with one attached hydrogen (secondary N) is 2. The van der Waals surface area contributed by atoms with Gasteiger partial charge in [0.2, 0.25) is 11.8 Å². The highest BCUT2D eigenvalue weighted by molar-refractivity contribution is 5.86. The van der Waals surface area contributed by atoms with Crippen molar-refractivity contribution < 1.29 is 24.2 Å². The number of aliphatic carboxylic acids is 1. The Morgan fingerprint density at radius 3 is 2.43 bits per heavy atom. The van der Waals surface area contributed by atoms with Gasteiger partial charge < -0.3 is 20.5 Å². The van der Waals surface area contributed by atoms with Gasteiger partial charge in [0.05, 0.1) is 13.7 Å². The number of ether oxygens (including phenoxy) is 1. The molecule has 7 heteroatoms. The predicted molar refractivity (Wildman–Crippen MR) is 75.0 cm³/mol. The Balaban J connectivity index is 2.31. The Labute approximate surface area is 122 Å². The summed E-state index contributed by atoms with van der Waals surface area (Å²) in [7, 11) is 1.56. The van der Waals surface area contributed by atoms with Gasteiger partial charge in [-0.25, -0.2) is 0 Å². The van der Waals surface area contributed by atoms with Crippen LogP contribution in [0.25, 0.3) is 0 Å². The van der Waals surface area contributed by atoms with Crippen LogP contribution in [-0.2, 0) is 20.8 Å². The molecule has 1 rings (SSSR count). The van der Waals surface area contributed by atoms with Gasteiger partial charge in [-0.1, -0.05) is 18.2 Å². The summed E-state index contributed by atoms with van der Waals surface area (Å²) in [6, 6.07) is 7.38. The van der Waals surface area contributed by atoms with E-state index in [9.17, 15) is 14.4 Å². The largest absolute Gasteiger partial charge is 0.496 e. The number of carbonyl (C=O) groups is 3. The van der Waals surface area contributed by atoms with Crippen molar-refractivity contribution in [2.75, 3.05) is 20.2 Å². The van der Waals surface area contributed by atoms with Crippen molar-refractivity contribution in [3.8, 4) is 5.75 Å². The smallest absolute Gasteiger partial charge is 0.322 e. The van der Waals surface area contributed by atoms with Crippen LogP contribution in [0.1, 0.15) is 12.0 Å². The van der Waals surface area contributed by atoms with Crippen LogP contribution in [0.2, 0.25) is 0 Å². The summed E-state index contributed by atoms with van der Waals surface area (Å²) in [6.45, 7) is -0.700. The van der Waals surface area contributed by atoms with Crippen molar-refractivity contribution in [2.45, 2.75) is 12.8 Å². The van der Waals surface area contributed by atoms with Crippen LogP contribution < -0.4 is 15.4 Å². The Kier molecular flexibility index (Phi) is 6.73. The minimum absolute atomic E-state index is 0.215. The van der Waals surface area contributed by atoms with Gasteiger partial charge in [-0.05, 0) is 18.1 Å². The maximum absolute atomic E-state index is 11.6. The van der Waals surface area contributed by atoms with E-state index >= 15 is 0 Å². The van der Waals surface area contributed by atoms with Crippen molar-refractivity contribution in [1.29, 1.82) is 0 Å². The predicted octanol–water partition coefficient (Wildman–Crippen LogP) is -0.0552. The average molecular weight is 294 g/mol. The third-order valence-corrected chi connectivity index (χ3v) is 2.70. The summed E-state index contributed by atoms with van der Waals surface area (Å²) in [5.74, 6) is -1.25. The molecule has 2 amide bonds. The number of hydrogen-bond acceptors (Lipinski definition) is 4. The zero-order chi connectivity index (χ0) is 15.7. The molecular weight excluding hydrogens is 276 g/mol. The summed E-state index contributed by atoms with van der Waals surface area (Å²) in [4.78, 5) is 33.1. The molecule has 0 atom stereocenters. The number of rotatable bonds is 8. The van der Waals surface area contributed by atoms with Crippen LogP contribution >= 0.6 is 0 Å². The highest BCUT2D eigenvalue weighted by Gasteiger charge is 2.08. The minimum Gasteiger partial charge on any atom is -0.496 e. The molecule has 0 aliphatic rings. The molecule has 0 aromatic heterocycles. The van der Waals surface area contributed by atoms with Gasteiger partial charge >= 0.3 is 5.97 Å².